The molecule has 1 heterocycles. The molecule has 29 heavy (non-hydrogen) atoms. The molecule has 0 fully saturated rings. The Morgan fingerprint density at radius 3 is 2.59 bits per heavy atom. The number of furan rings is 1. The third-order valence-corrected chi connectivity index (χ3v) is 4.81. The lowest BCUT2D eigenvalue weighted by Gasteiger charge is -2.07. The summed E-state index contributed by atoms with van der Waals surface area (Å²) in [5.74, 6) is 2.52. The quantitative estimate of drug-likeness (QED) is 0.286. The highest BCUT2D eigenvalue weighted by Gasteiger charge is 2.12. The van der Waals surface area contributed by atoms with Crippen LogP contribution in [0, 0.1) is 0 Å². The van der Waals surface area contributed by atoms with E-state index in [4.69, 9.17) is 30.2 Å². The van der Waals surface area contributed by atoms with Crippen LogP contribution in [0.3, 0.4) is 0 Å². The number of carbonyl (C=O) groups is 1. The van der Waals surface area contributed by atoms with Gasteiger partial charge in [0.1, 0.15) is 35.4 Å². The highest BCUT2D eigenvalue weighted by molar-refractivity contribution is 9.10. The van der Waals surface area contributed by atoms with Gasteiger partial charge in [-0.15, -0.1) is 0 Å². The maximum absolute atomic E-state index is 12.5. The van der Waals surface area contributed by atoms with Gasteiger partial charge in [-0.1, -0.05) is 27.5 Å². The number of allylic oxidation sites excluding steroid dienone is 1. The van der Waals surface area contributed by atoms with Crippen molar-refractivity contribution in [3.63, 3.8) is 0 Å². The molecule has 0 atom stereocenters. The zero-order valence-electron chi connectivity index (χ0n) is 15.8. The van der Waals surface area contributed by atoms with Gasteiger partial charge in [0.05, 0.1) is 24.8 Å². The Hall–Kier alpha value is -2.70. The van der Waals surface area contributed by atoms with Gasteiger partial charge in [0, 0.05) is 4.47 Å². The summed E-state index contributed by atoms with van der Waals surface area (Å²) in [6.45, 7) is 0.215. The van der Waals surface area contributed by atoms with Gasteiger partial charge in [0.25, 0.3) is 0 Å². The summed E-state index contributed by atoms with van der Waals surface area (Å²) in [5.41, 5.74) is 0.406. The fourth-order valence-corrected chi connectivity index (χ4v) is 3.28. The summed E-state index contributed by atoms with van der Waals surface area (Å²) in [5, 5.41) is 0.504. The molecule has 150 valence electrons. The van der Waals surface area contributed by atoms with E-state index in [1.165, 1.54) is 13.2 Å². The minimum absolute atomic E-state index is 0.215. The molecule has 0 bridgehead atoms. The summed E-state index contributed by atoms with van der Waals surface area (Å²) in [4.78, 5) is 12.5. The lowest BCUT2D eigenvalue weighted by molar-refractivity contribution is 0.104. The van der Waals surface area contributed by atoms with E-state index < -0.39 is 0 Å². The minimum atomic E-state index is -0.225. The van der Waals surface area contributed by atoms with Crippen LogP contribution in [0.2, 0.25) is 5.02 Å². The number of methoxy groups -OCH3 is 2. The molecule has 7 heteroatoms. The summed E-state index contributed by atoms with van der Waals surface area (Å²) in [6.07, 6.45) is 3.02. The standard InChI is InChI=1S/C22H18BrClO5/c1-26-16-7-10-21(27-2)18(12-16)20(25)8-6-15-4-5-17(29-15)13-28-22-9-3-14(23)11-19(22)24/h3-12H,13H2,1-2H3/b8-6+. The number of benzene rings is 2. The predicted molar refractivity (Wildman–Crippen MR) is 115 cm³/mol. The van der Waals surface area contributed by atoms with E-state index in [1.54, 1.807) is 55.7 Å². The fraction of sp³-hybridized carbons (Fsp3) is 0.136. The highest BCUT2D eigenvalue weighted by Crippen LogP contribution is 2.29. The topological polar surface area (TPSA) is 57.9 Å². The molecule has 3 rings (SSSR count). The minimum Gasteiger partial charge on any atom is -0.497 e. The van der Waals surface area contributed by atoms with Gasteiger partial charge < -0.3 is 18.6 Å². The first-order valence-corrected chi connectivity index (χ1v) is 9.78. The molecule has 5 nitrogen and oxygen atoms in total. The van der Waals surface area contributed by atoms with E-state index in [2.05, 4.69) is 15.9 Å². The van der Waals surface area contributed by atoms with E-state index in [-0.39, 0.29) is 12.4 Å². The molecule has 0 radical (unpaired) electrons. The van der Waals surface area contributed by atoms with E-state index in [0.717, 1.165) is 4.47 Å². The lowest BCUT2D eigenvalue weighted by atomic mass is 10.1. The molecule has 0 saturated carbocycles. The van der Waals surface area contributed by atoms with Crippen molar-refractivity contribution >= 4 is 39.4 Å². The van der Waals surface area contributed by atoms with Gasteiger partial charge in [-0.25, -0.2) is 0 Å². The van der Waals surface area contributed by atoms with Gasteiger partial charge in [-0.2, -0.15) is 0 Å². The Balaban J connectivity index is 1.66. The molecule has 0 amide bonds. The van der Waals surface area contributed by atoms with Crippen molar-refractivity contribution in [3.8, 4) is 17.2 Å². The van der Waals surface area contributed by atoms with Crippen LogP contribution in [0.25, 0.3) is 6.08 Å². The second-order valence-electron chi connectivity index (χ2n) is 5.93. The molecular formula is C22H18BrClO5. The van der Waals surface area contributed by atoms with Gasteiger partial charge in [-0.05, 0) is 60.7 Å². The van der Waals surface area contributed by atoms with Crippen molar-refractivity contribution in [2.24, 2.45) is 0 Å². The summed E-state index contributed by atoms with van der Waals surface area (Å²) >= 11 is 9.49. The molecule has 1 aromatic heterocycles. The Bertz CT molecular complexity index is 1040. The monoisotopic (exact) mass is 476 g/mol. The van der Waals surface area contributed by atoms with Gasteiger partial charge in [0.15, 0.2) is 5.78 Å². The largest absolute Gasteiger partial charge is 0.497 e. The average molecular weight is 478 g/mol. The molecule has 0 aliphatic rings. The average Bonchev–Trinajstić information content (AvgIpc) is 3.18. The van der Waals surface area contributed by atoms with Crippen LogP contribution < -0.4 is 14.2 Å². The first-order valence-electron chi connectivity index (χ1n) is 8.61. The second-order valence-corrected chi connectivity index (χ2v) is 7.25. The number of hydrogen-bond donors (Lipinski definition) is 0. The normalized spacial score (nSPS) is 10.9. The summed E-state index contributed by atoms with van der Waals surface area (Å²) in [6, 6.07) is 14.0. The Labute approximate surface area is 182 Å². The van der Waals surface area contributed by atoms with Gasteiger partial charge in [-0.3, -0.25) is 4.79 Å². The van der Waals surface area contributed by atoms with Crippen LogP contribution >= 0.6 is 27.5 Å². The fourth-order valence-electron chi connectivity index (χ4n) is 2.56. The molecular weight excluding hydrogens is 460 g/mol. The molecule has 0 aliphatic carbocycles. The first-order chi connectivity index (χ1) is 14.0. The van der Waals surface area contributed by atoms with Gasteiger partial charge >= 0.3 is 0 Å². The van der Waals surface area contributed by atoms with E-state index in [0.29, 0.717) is 39.4 Å². The van der Waals surface area contributed by atoms with Crippen molar-refractivity contribution in [3.05, 3.63) is 81.2 Å². The Morgan fingerprint density at radius 2 is 1.86 bits per heavy atom. The van der Waals surface area contributed by atoms with Crippen LogP contribution in [0.1, 0.15) is 21.9 Å². The molecule has 0 spiro atoms. The maximum Gasteiger partial charge on any atom is 0.189 e. The van der Waals surface area contributed by atoms with Crippen molar-refractivity contribution < 1.29 is 23.4 Å². The van der Waals surface area contributed by atoms with Crippen LogP contribution in [0.5, 0.6) is 17.2 Å². The van der Waals surface area contributed by atoms with Crippen molar-refractivity contribution in [1.29, 1.82) is 0 Å². The first kappa shape index (κ1) is 21.0. The number of ether oxygens (including phenoxy) is 3. The van der Waals surface area contributed by atoms with Crippen LogP contribution in [-0.2, 0) is 6.61 Å². The molecule has 3 aromatic rings. The second kappa shape index (κ2) is 9.67. The molecule has 0 aliphatic heterocycles. The van der Waals surface area contributed by atoms with Crippen LogP contribution in [0.4, 0.5) is 0 Å². The van der Waals surface area contributed by atoms with E-state index in [1.807, 2.05) is 6.07 Å². The summed E-state index contributed by atoms with van der Waals surface area (Å²) < 4.78 is 22.7. The third-order valence-electron chi connectivity index (χ3n) is 4.02. The number of rotatable bonds is 8. The summed E-state index contributed by atoms with van der Waals surface area (Å²) in [7, 11) is 3.05. The van der Waals surface area contributed by atoms with Crippen molar-refractivity contribution in [2.45, 2.75) is 6.61 Å². The number of halogens is 2. The zero-order chi connectivity index (χ0) is 20.8. The van der Waals surface area contributed by atoms with E-state index >= 15 is 0 Å². The highest BCUT2D eigenvalue weighted by atomic mass is 79.9. The van der Waals surface area contributed by atoms with Crippen molar-refractivity contribution in [1.82, 2.24) is 0 Å². The Morgan fingerprint density at radius 1 is 1.07 bits per heavy atom. The van der Waals surface area contributed by atoms with Crippen LogP contribution in [-0.4, -0.2) is 20.0 Å². The van der Waals surface area contributed by atoms with E-state index in [9.17, 15) is 4.79 Å². The maximum atomic E-state index is 12.5. The SMILES string of the molecule is COc1ccc(OC)c(C(=O)/C=C/c2ccc(COc3ccc(Br)cc3Cl)o2)c1. The Kier molecular flexibility index (Phi) is 7.01. The van der Waals surface area contributed by atoms with Gasteiger partial charge in [0.2, 0.25) is 0 Å². The lowest BCUT2D eigenvalue weighted by Crippen LogP contribution is -1.99. The molecule has 0 saturated heterocycles. The zero-order valence-corrected chi connectivity index (χ0v) is 18.1. The smallest absolute Gasteiger partial charge is 0.189 e. The van der Waals surface area contributed by atoms with Crippen LogP contribution in [0.15, 0.2) is 63.5 Å². The number of carbonyl (C=O) groups excluding carboxylic acids is 1. The molecule has 0 unspecified atom stereocenters. The number of ketones is 1. The number of hydrogen-bond acceptors (Lipinski definition) is 5. The molecule has 2 aromatic carbocycles. The predicted octanol–water partition coefficient (Wildman–Crippen LogP) is 6.19. The third kappa shape index (κ3) is 5.43. The molecule has 0 N–H and O–H groups in total. The van der Waals surface area contributed by atoms with Crippen molar-refractivity contribution in [2.75, 3.05) is 14.2 Å².